The van der Waals surface area contributed by atoms with Crippen LogP contribution in [0.5, 0.6) is 0 Å². The Morgan fingerprint density at radius 3 is 2.35 bits per heavy atom. The molecule has 1 aromatic carbocycles. The molecule has 1 aliphatic heterocycles. The van der Waals surface area contributed by atoms with Gasteiger partial charge in [0.25, 0.3) is 0 Å². The highest BCUT2D eigenvalue weighted by atomic mass is 32.1. The molecule has 0 aliphatic carbocycles. The van der Waals surface area contributed by atoms with Crippen LogP contribution in [0.2, 0.25) is 0 Å². The van der Waals surface area contributed by atoms with Crippen LogP contribution in [0.4, 0.5) is 0 Å². The van der Waals surface area contributed by atoms with Crippen LogP contribution in [-0.2, 0) is 30.4 Å². The Morgan fingerprint density at radius 1 is 1.09 bits per heavy atom. The maximum Gasteiger partial charge on any atom is 0.246 e. The molecule has 0 saturated carbocycles. The van der Waals surface area contributed by atoms with Crippen LogP contribution in [0, 0.1) is 12.3 Å². The lowest BCUT2D eigenvalue weighted by Crippen LogP contribution is -2.58. The number of hydrogen-bond donors (Lipinski definition) is 3. The first kappa shape index (κ1) is 37.6. The van der Waals surface area contributed by atoms with E-state index in [0.29, 0.717) is 13.2 Å². The summed E-state index contributed by atoms with van der Waals surface area (Å²) in [5.74, 6) is -1.08. The molecule has 0 spiro atoms. The molecule has 3 rings (SSSR count). The Labute approximate surface area is 278 Å². The predicted octanol–water partition coefficient (Wildman–Crippen LogP) is 5.01. The van der Waals surface area contributed by atoms with Crippen molar-refractivity contribution in [2.45, 2.75) is 124 Å². The molecule has 3 atom stereocenters. The number of aromatic nitrogens is 1. The second-order valence-corrected chi connectivity index (χ2v) is 15.5. The summed E-state index contributed by atoms with van der Waals surface area (Å²) < 4.78 is 12.1. The number of hydrogen-bond acceptors (Lipinski definition) is 8. The summed E-state index contributed by atoms with van der Waals surface area (Å²) in [6.45, 7) is 18.6. The summed E-state index contributed by atoms with van der Waals surface area (Å²) in [4.78, 5) is 47.5. The molecule has 0 bridgehead atoms. The molecule has 3 amide bonds. The van der Waals surface area contributed by atoms with Crippen LogP contribution in [0.25, 0.3) is 10.4 Å². The summed E-state index contributed by atoms with van der Waals surface area (Å²) in [7, 11) is 0. The summed E-state index contributed by atoms with van der Waals surface area (Å²) in [5, 5.41) is 16.4. The van der Waals surface area contributed by atoms with Gasteiger partial charge in [-0.1, -0.05) is 58.4 Å². The van der Waals surface area contributed by atoms with Crippen molar-refractivity contribution in [3.8, 4) is 10.4 Å². The fourth-order valence-electron chi connectivity index (χ4n) is 5.76. The maximum atomic E-state index is 14.0. The lowest BCUT2D eigenvalue weighted by Gasteiger charge is -2.38. The van der Waals surface area contributed by atoms with Gasteiger partial charge in [0.15, 0.2) is 0 Å². The van der Waals surface area contributed by atoms with Gasteiger partial charge in [-0.15, -0.1) is 11.3 Å². The Kier molecular flexibility index (Phi) is 12.9. The number of benzene rings is 1. The Balaban J connectivity index is 1.63. The van der Waals surface area contributed by atoms with E-state index in [9.17, 15) is 19.5 Å². The average molecular weight is 659 g/mol. The third-order valence-electron chi connectivity index (χ3n) is 7.94. The summed E-state index contributed by atoms with van der Waals surface area (Å²) >= 11 is 1.58. The standard InChI is InChI=1S/C35H54N4O6S/c1-10-11-16-44-21-35(8,9)45-34(6,7)18-28(41)38-30(33(3,4)5)32(43)39-20-26(40)17-27(39)31(42)36-19-24-12-14-25(15-13-24)29-23(2)37-22-46-29/h12-15,22,26-27,30,40H,10-11,16-21H2,1-9H3,(H,36,42)(H,38,41)/t26-,27+,30?/m1/s1. The number of unbranched alkanes of at least 4 members (excludes halogenated alkanes) is 1. The van der Waals surface area contributed by atoms with Gasteiger partial charge in [-0.3, -0.25) is 14.4 Å². The number of nitrogens with zero attached hydrogens (tertiary/aromatic N) is 2. The molecular formula is C35H54N4O6S. The zero-order valence-corrected chi connectivity index (χ0v) is 29.9. The number of ether oxygens (including phenoxy) is 2. The van der Waals surface area contributed by atoms with Gasteiger partial charge < -0.3 is 30.1 Å². The highest BCUT2D eigenvalue weighted by Crippen LogP contribution is 2.29. The van der Waals surface area contributed by atoms with Crippen molar-refractivity contribution in [3.05, 3.63) is 41.0 Å². The van der Waals surface area contributed by atoms with Gasteiger partial charge in [0.05, 0.1) is 46.4 Å². The van der Waals surface area contributed by atoms with Gasteiger partial charge in [0.2, 0.25) is 17.7 Å². The first-order valence-electron chi connectivity index (χ1n) is 16.3. The molecule has 2 aromatic rings. The van der Waals surface area contributed by atoms with E-state index >= 15 is 0 Å². The largest absolute Gasteiger partial charge is 0.391 e. The van der Waals surface area contributed by atoms with Crippen molar-refractivity contribution in [3.63, 3.8) is 0 Å². The quantitative estimate of drug-likeness (QED) is 0.230. The number of carbonyl (C=O) groups excluding carboxylic acids is 3. The Hall–Kier alpha value is -2.86. The smallest absolute Gasteiger partial charge is 0.246 e. The minimum Gasteiger partial charge on any atom is -0.391 e. The van der Waals surface area contributed by atoms with E-state index in [1.165, 1.54) is 4.90 Å². The summed E-state index contributed by atoms with van der Waals surface area (Å²) in [6.07, 6.45) is 1.34. The van der Waals surface area contributed by atoms with Crippen LogP contribution in [0.15, 0.2) is 29.8 Å². The number of aryl methyl sites for hydroxylation is 1. The maximum absolute atomic E-state index is 14.0. The molecule has 256 valence electrons. The molecule has 0 radical (unpaired) electrons. The number of rotatable bonds is 15. The minimum absolute atomic E-state index is 0.0170. The van der Waals surface area contributed by atoms with E-state index in [2.05, 4.69) is 22.5 Å². The van der Waals surface area contributed by atoms with E-state index in [-0.39, 0.29) is 37.7 Å². The van der Waals surface area contributed by atoms with Crippen molar-refractivity contribution < 1.29 is 29.0 Å². The van der Waals surface area contributed by atoms with E-state index in [1.807, 2.05) is 85.2 Å². The number of nitrogens with one attached hydrogen (secondary N) is 2. The summed E-state index contributed by atoms with van der Waals surface area (Å²) in [5.41, 5.74) is 2.69. The molecule has 1 aromatic heterocycles. The third kappa shape index (κ3) is 10.9. The van der Waals surface area contributed by atoms with Gasteiger partial charge in [-0.25, -0.2) is 4.98 Å². The number of thiazole rings is 1. The monoisotopic (exact) mass is 658 g/mol. The zero-order chi connectivity index (χ0) is 34.3. The zero-order valence-electron chi connectivity index (χ0n) is 29.1. The van der Waals surface area contributed by atoms with Crippen molar-refractivity contribution in [2.24, 2.45) is 5.41 Å². The highest BCUT2D eigenvalue weighted by molar-refractivity contribution is 7.13. The Bertz CT molecular complexity index is 1320. The second-order valence-electron chi connectivity index (χ2n) is 14.6. The highest BCUT2D eigenvalue weighted by Gasteiger charge is 2.45. The van der Waals surface area contributed by atoms with Gasteiger partial charge in [-0.05, 0) is 57.6 Å². The lowest BCUT2D eigenvalue weighted by atomic mass is 9.85. The van der Waals surface area contributed by atoms with E-state index < -0.39 is 40.7 Å². The molecule has 11 heteroatoms. The number of aliphatic hydroxyl groups is 1. The molecule has 2 heterocycles. The fraction of sp³-hybridized carbons (Fsp3) is 0.657. The van der Waals surface area contributed by atoms with Gasteiger partial charge in [-0.2, -0.15) is 0 Å². The van der Waals surface area contributed by atoms with Crippen molar-refractivity contribution in [1.29, 1.82) is 0 Å². The summed E-state index contributed by atoms with van der Waals surface area (Å²) in [6, 6.07) is 6.16. The van der Waals surface area contributed by atoms with Crippen LogP contribution < -0.4 is 10.6 Å². The van der Waals surface area contributed by atoms with Gasteiger partial charge in [0.1, 0.15) is 12.1 Å². The number of β-amino-alcohol motifs (C(OH)–C–C–N with tert-alkyl or cyclic N) is 1. The SMILES string of the molecule is CCCCOCC(C)(C)OC(C)(C)CC(=O)NC(C(=O)N1C[C@H](O)C[C@H]1C(=O)NCc1ccc(-c2scnc2C)cc1)C(C)(C)C. The lowest BCUT2D eigenvalue weighted by molar-refractivity contribution is -0.162. The van der Waals surface area contributed by atoms with Crippen LogP contribution in [-0.4, -0.2) is 81.9 Å². The van der Waals surface area contributed by atoms with E-state index in [1.54, 1.807) is 11.3 Å². The first-order valence-corrected chi connectivity index (χ1v) is 17.1. The van der Waals surface area contributed by atoms with Crippen LogP contribution >= 0.6 is 11.3 Å². The number of aliphatic hydroxyl groups excluding tert-OH is 1. The molecule has 3 N–H and O–H groups in total. The van der Waals surface area contributed by atoms with E-state index in [4.69, 9.17) is 9.47 Å². The topological polar surface area (TPSA) is 130 Å². The number of likely N-dealkylation sites (tertiary alicyclic amines) is 1. The van der Waals surface area contributed by atoms with E-state index in [0.717, 1.165) is 34.5 Å². The van der Waals surface area contributed by atoms with Gasteiger partial charge >= 0.3 is 0 Å². The Morgan fingerprint density at radius 2 is 1.76 bits per heavy atom. The molecule has 1 unspecified atom stereocenters. The van der Waals surface area contributed by atoms with Gasteiger partial charge in [0, 0.05) is 26.1 Å². The average Bonchev–Trinajstić information content (AvgIpc) is 3.56. The van der Waals surface area contributed by atoms with Crippen LogP contribution in [0.1, 0.15) is 92.3 Å². The van der Waals surface area contributed by atoms with Crippen molar-refractivity contribution in [1.82, 2.24) is 20.5 Å². The second kappa shape index (κ2) is 15.8. The first-order chi connectivity index (χ1) is 21.4. The molecule has 1 saturated heterocycles. The molecule has 10 nitrogen and oxygen atoms in total. The normalized spacial score (nSPS) is 18.0. The molecular weight excluding hydrogens is 604 g/mol. The number of carbonyl (C=O) groups is 3. The molecule has 46 heavy (non-hydrogen) atoms. The molecule has 1 fully saturated rings. The van der Waals surface area contributed by atoms with Crippen molar-refractivity contribution >= 4 is 29.1 Å². The van der Waals surface area contributed by atoms with Crippen LogP contribution in [0.3, 0.4) is 0 Å². The third-order valence-corrected chi connectivity index (χ3v) is 8.92. The minimum atomic E-state index is -0.912. The number of amides is 3. The predicted molar refractivity (Wildman–Crippen MR) is 181 cm³/mol. The van der Waals surface area contributed by atoms with Crippen molar-refractivity contribution in [2.75, 3.05) is 19.8 Å². The molecule has 1 aliphatic rings. The fourth-order valence-corrected chi connectivity index (χ4v) is 6.57.